The van der Waals surface area contributed by atoms with Crippen LogP contribution in [-0.4, -0.2) is 98.9 Å². The maximum absolute atomic E-state index is 12.7. The Bertz CT molecular complexity index is 931. The van der Waals surface area contributed by atoms with Gasteiger partial charge in [-0.3, -0.25) is 13.8 Å². The first kappa shape index (κ1) is 46.8. The second kappa shape index (κ2) is 29.3. The molecule has 6 atom stereocenters. The van der Waals surface area contributed by atoms with E-state index in [1.807, 2.05) is 0 Å². The van der Waals surface area contributed by atoms with Gasteiger partial charge in [-0.15, -0.1) is 0 Å². The molecule has 0 heterocycles. The Morgan fingerprint density at radius 1 is 0.640 bits per heavy atom. The van der Waals surface area contributed by atoms with Crippen LogP contribution >= 0.6 is 7.82 Å². The lowest BCUT2D eigenvalue weighted by molar-refractivity contribution is -0.220. The minimum Gasteiger partial charge on any atom is -0.457 e. The molecular formula is C37H69O12P. The molecule has 0 radical (unpaired) electrons. The van der Waals surface area contributed by atoms with Crippen molar-refractivity contribution in [2.24, 2.45) is 0 Å². The highest BCUT2D eigenvalue weighted by atomic mass is 31.2. The van der Waals surface area contributed by atoms with Gasteiger partial charge in [0.2, 0.25) is 0 Å². The maximum atomic E-state index is 12.7. The van der Waals surface area contributed by atoms with Gasteiger partial charge in [0.15, 0.2) is 0 Å². The van der Waals surface area contributed by atoms with Crippen molar-refractivity contribution in [2.45, 2.75) is 185 Å². The molecule has 0 bridgehead atoms. The summed E-state index contributed by atoms with van der Waals surface area (Å²) in [7, 11) is -5.00. The Morgan fingerprint density at radius 3 is 1.74 bits per heavy atom. The Hall–Kier alpha value is -1.18. The van der Waals surface area contributed by atoms with Gasteiger partial charge in [0.05, 0.1) is 13.2 Å². The second-order valence-electron chi connectivity index (χ2n) is 13.4. The van der Waals surface area contributed by atoms with Gasteiger partial charge in [0.1, 0.15) is 42.7 Å². The lowest BCUT2D eigenvalue weighted by Crippen LogP contribution is -2.64. The number of carbonyl (C=O) groups is 1. The molecule has 13 heteroatoms. The van der Waals surface area contributed by atoms with Crippen molar-refractivity contribution in [1.82, 2.24) is 0 Å². The van der Waals surface area contributed by atoms with E-state index in [9.17, 15) is 39.8 Å². The number of aliphatic hydroxyl groups is 5. The maximum Gasteiger partial charge on any atom is 0.472 e. The first-order chi connectivity index (χ1) is 24.0. The molecule has 0 aromatic heterocycles. The number of hydrogen-bond acceptors (Lipinski definition) is 11. The zero-order valence-corrected chi connectivity index (χ0v) is 31.6. The average Bonchev–Trinajstić information content (AvgIpc) is 3.09. The average molecular weight is 737 g/mol. The summed E-state index contributed by atoms with van der Waals surface area (Å²) >= 11 is 0. The summed E-state index contributed by atoms with van der Waals surface area (Å²) in [5, 5.41) is 49.9. The van der Waals surface area contributed by atoms with Crippen LogP contribution in [0, 0.1) is 0 Å². The van der Waals surface area contributed by atoms with Gasteiger partial charge in [-0.25, -0.2) is 4.57 Å². The lowest BCUT2D eigenvalue weighted by atomic mass is 9.85. The van der Waals surface area contributed by atoms with Crippen LogP contribution in [0.5, 0.6) is 0 Å². The van der Waals surface area contributed by atoms with E-state index in [1.165, 1.54) is 51.4 Å². The highest BCUT2D eigenvalue weighted by Crippen LogP contribution is 2.47. The van der Waals surface area contributed by atoms with Crippen molar-refractivity contribution in [2.75, 3.05) is 19.8 Å². The van der Waals surface area contributed by atoms with E-state index in [4.69, 9.17) is 18.5 Å². The SMILES string of the molecule is CCCC/C=C\C/C=C\CCCCCCCCOCC(COP(=O)(O)OC1C(O)C(O)C(O)C(O)C1O)OC(=O)CCCCCCCCCC. The second-order valence-corrected chi connectivity index (χ2v) is 14.8. The molecule has 50 heavy (non-hydrogen) atoms. The van der Waals surface area contributed by atoms with Crippen molar-refractivity contribution >= 4 is 13.8 Å². The van der Waals surface area contributed by atoms with Gasteiger partial charge < -0.3 is 39.9 Å². The zero-order valence-electron chi connectivity index (χ0n) is 30.7. The third-order valence-corrected chi connectivity index (χ3v) is 9.81. The monoisotopic (exact) mass is 736 g/mol. The van der Waals surface area contributed by atoms with E-state index in [2.05, 4.69) is 38.2 Å². The number of rotatable bonds is 31. The smallest absolute Gasteiger partial charge is 0.457 e. The Labute approximate surface area is 300 Å². The predicted molar refractivity (Wildman–Crippen MR) is 193 cm³/mol. The van der Waals surface area contributed by atoms with Crippen LogP contribution in [0.25, 0.3) is 0 Å². The Morgan fingerprint density at radius 2 is 1.14 bits per heavy atom. The molecule has 6 unspecified atom stereocenters. The van der Waals surface area contributed by atoms with Crippen molar-refractivity contribution in [3.8, 4) is 0 Å². The molecule has 1 saturated carbocycles. The molecule has 0 spiro atoms. The normalized spacial score (nSPS) is 24.6. The van der Waals surface area contributed by atoms with E-state index in [1.54, 1.807) is 0 Å². The summed E-state index contributed by atoms with van der Waals surface area (Å²) in [6.07, 6.45) is 17.0. The molecule has 0 amide bonds. The van der Waals surface area contributed by atoms with Crippen molar-refractivity contribution in [3.05, 3.63) is 24.3 Å². The third-order valence-electron chi connectivity index (χ3n) is 8.83. The van der Waals surface area contributed by atoms with Crippen LogP contribution in [-0.2, 0) is 27.9 Å². The van der Waals surface area contributed by atoms with Gasteiger partial charge in [-0.2, -0.15) is 0 Å². The fourth-order valence-electron chi connectivity index (χ4n) is 5.66. The van der Waals surface area contributed by atoms with E-state index < -0.39 is 63.1 Å². The van der Waals surface area contributed by atoms with Crippen LogP contribution in [0.1, 0.15) is 142 Å². The molecule has 0 aromatic carbocycles. The number of aliphatic hydroxyl groups excluding tert-OH is 5. The van der Waals surface area contributed by atoms with Crippen LogP contribution in [0.2, 0.25) is 0 Å². The number of allylic oxidation sites excluding steroid dienone is 4. The summed E-state index contributed by atoms with van der Waals surface area (Å²) in [5.74, 6) is -0.487. The predicted octanol–water partition coefficient (Wildman–Crippen LogP) is 6.19. The number of phosphoric acid groups is 1. The fourth-order valence-corrected chi connectivity index (χ4v) is 6.64. The lowest BCUT2D eigenvalue weighted by Gasteiger charge is -2.41. The standard InChI is InChI=1S/C37H69O12P/c1-3-5-7-9-11-13-14-15-16-17-18-19-21-23-25-27-46-28-30(48-31(38)26-24-22-20-12-10-8-6-4-2)29-47-50(44,45)49-37-35(42)33(40)32(39)34(41)36(37)43/h9,11,14-15,30,32-37,39-43H,3-8,10,12-13,16-29H2,1-2H3,(H,44,45)/b11-9-,15-14-. The summed E-state index contributed by atoms with van der Waals surface area (Å²) < 4.78 is 33.9. The highest BCUT2D eigenvalue weighted by molar-refractivity contribution is 7.47. The van der Waals surface area contributed by atoms with Crippen molar-refractivity contribution < 1.29 is 58.3 Å². The molecular weight excluding hydrogens is 667 g/mol. The van der Waals surface area contributed by atoms with E-state index >= 15 is 0 Å². The summed E-state index contributed by atoms with van der Waals surface area (Å²) in [6, 6.07) is 0. The topological polar surface area (TPSA) is 192 Å². The number of unbranched alkanes of at least 4 members (excludes halogenated alkanes) is 15. The number of phosphoric ester groups is 1. The largest absolute Gasteiger partial charge is 0.472 e. The summed E-state index contributed by atoms with van der Waals surface area (Å²) in [4.78, 5) is 22.9. The number of carbonyl (C=O) groups excluding carboxylic acids is 1. The van der Waals surface area contributed by atoms with E-state index in [0.717, 1.165) is 64.2 Å². The van der Waals surface area contributed by atoms with Gasteiger partial charge in [-0.05, 0) is 38.5 Å². The molecule has 0 aromatic rings. The van der Waals surface area contributed by atoms with Gasteiger partial charge in [-0.1, -0.05) is 122 Å². The van der Waals surface area contributed by atoms with Gasteiger partial charge in [0, 0.05) is 13.0 Å². The number of hydrogen-bond donors (Lipinski definition) is 6. The van der Waals surface area contributed by atoms with E-state index in [-0.39, 0.29) is 13.0 Å². The zero-order chi connectivity index (χ0) is 37.0. The Balaban J connectivity index is 2.46. The van der Waals surface area contributed by atoms with Crippen LogP contribution in [0.15, 0.2) is 24.3 Å². The number of esters is 1. The summed E-state index contributed by atoms with van der Waals surface area (Å²) in [5.41, 5.74) is 0. The quantitative estimate of drug-likeness (QED) is 0.0205. The molecule has 1 aliphatic carbocycles. The van der Waals surface area contributed by atoms with E-state index in [0.29, 0.717) is 13.0 Å². The van der Waals surface area contributed by atoms with Crippen LogP contribution < -0.4 is 0 Å². The minimum atomic E-state index is -5.00. The number of ether oxygens (including phenoxy) is 2. The minimum absolute atomic E-state index is 0.0818. The van der Waals surface area contributed by atoms with Crippen LogP contribution in [0.4, 0.5) is 0 Å². The molecule has 12 nitrogen and oxygen atoms in total. The molecule has 294 valence electrons. The molecule has 6 N–H and O–H groups in total. The molecule has 0 aliphatic heterocycles. The van der Waals surface area contributed by atoms with Crippen molar-refractivity contribution in [3.63, 3.8) is 0 Å². The molecule has 1 rings (SSSR count). The highest BCUT2D eigenvalue weighted by Gasteiger charge is 2.51. The van der Waals surface area contributed by atoms with Crippen molar-refractivity contribution in [1.29, 1.82) is 0 Å². The van der Waals surface area contributed by atoms with Crippen LogP contribution in [0.3, 0.4) is 0 Å². The summed E-state index contributed by atoms with van der Waals surface area (Å²) in [6.45, 7) is 4.13. The van der Waals surface area contributed by atoms with Gasteiger partial charge >= 0.3 is 13.8 Å². The third kappa shape index (κ3) is 22.0. The fraction of sp³-hybridized carbons (Fsp3) is 0.865. The first-order valence-electron chi connectivity index (χ1n) is 19.2. The molecule has 1 fully saturated rings. The first-order valence-corrected chi connectivity index (χ1v) is 20.7. The molecule has 1 aliphatic rings. The Kier molecular flexibility index (Phi) is 27.4. The van der Waals surface area contributed by atoms with Gasteiger partial charge in [0.25, 0.3) is 0 Å². The molecule has 0 saturated heterocycles.